The fourth-order valence-corrected chi connectivity index (χ4v) is 15.5. The largest absolute Gasteiger partial charge is 1.00 e. The standard InChI is InChI=1S/C21H25.C10H15.C8H8.2ClH.Zr/c1-20(2,3)16-7-9-18-14(12-16)11-15-13-17(21(4,5)6)8-10-19(15)18;1-8-5-6-9(7-8)10(2,3)4;1-2-8-6-4-3-5-7-8;;;/h7-10,12H,11H2,1-6H3;6-8H,1-4H3;3-7H,1H3;2*1H;/q;;;;;+2/p-2. The Balaban J connectivity index is 0.00000242. The second kappa shape index (κ2) is 12.5. The summed E-state index contributed by atoms with van der Waals surface area (Å²) in [5, 5.41) is 0. The van der Waals surface area contributed by atoms with Crippen LogP contribution in [-0.4, -0.2) is 3.21 Å². The average Bonchev–Trinajstić information content (AvgIpc) is 3.44. The van der Waals surface area contributed by atoms with Crippen LogP contribution in [0.25, 0.3) is 11.1 Å². The Morgan fingerprint density at radius 1 is 0.738 bits per heavy atom. The fraction of sp³-hybridized carbons (Fsp3) is 0.410. The molecule has 0 fully saturated rings. The molecule has 0 saturated carbocycles. The molecule has 0 N–H and O–H groups in total. The minimum Gasteiger partial charge on any atom is -1.00 e. The molecule has 0 amide bonds. The molecule has 3 aromatic carbocycles. The third kappa shape index (κ3) is 6.60. The molecule has 2 aliphatic carbocycles. The van der Waals surface area contributed by atoms with E-state index in [0.717, 1.165) is 6.42 Å². The van der Waals surface area contributed by atoms with Gasteiger partial charge in [0.1, 0.15) is 0 Å². The monoisotopic (exact) mass is 676 g/mol. The van der Waals surface area contributed by atoms with Gasteiger partial charge in [0.15, 0.2) is 0 Å². The van der Waals surface area contributed by atoms with E-state index in [1.807, 2.05) is 0 Å². The van der Waals surface area contributed by atoms with Crippen molar-refractivity contribution < 1.29 is 46.1 Å². The molecule has 5 rings (SSSR count). The van der Waals surface area contributed by atoms with Crippen LogP contribution in [0, 0.1) is 11.3 Å². The maximum absolute atomic E-state index is 2.64. The van der Waals surface area contributed by atoms with Gasteiger partial charge >= 0.3 is 253 Å². The Hall–Kier alpha value is -1.53. The predicted molar refractivity (Wildman–Crippen MR) is 173 cm³/mol. The van der Waals surface area contributed by atoms with Gasteiger partial charge in [0.05, 0.1) is 0 Å². The van der Waals surface area contributed by atoms with Gasteiger partial charge in [0, 0.05) is 0 Å². The zero-order chi connectivity index (χ0) is 29.2. The molecule has 0 bridgehead atoms. The van der Waals surface area contributed by atoms with Crippen molar-refractivity contribution in [3.8, 4) is 11.1 Å². The molecule has 1 atom stereocenters. The van der Waals surface area contributed by atoms with E-state index in [9.17, 15) is 0 Å². The van der Waals surface area contributed by atoms with Crippen LogP contribution in [0.15, 0.2) is 81.7 Å². The topological polar surface area (TPSA) is 0 Å². The van der Waals surface area contributed by atoms with Crippen LogP contribution in [0.5, 0.6) is 0 Å². The van der Waals surface area contributed by atoms with E-state index >= 15 is 0 Å². The molecule has 2 aliphatic rings. The van der Waals surface area contributed by atoms with Crippen LogP contribution in [-0.2, 0) is 38.5 Å². The van der Waals surface area contributed by atoms with Crippen LogP contribution in [0.3, 0.4) is 0 Å². The summed E-state index contributed by atoms with van der Waals surface area (Å²) in [7, 11) is 0. The number of rotatable bonds is 3. The molecule has 0 aromatic heterocycles. The van der Waals surface area contributed by atoms with Crippen molar-refractivity contribution in [1.82, 2.24) is 0 Å². The van der Waals surface area contributed by atoms with Crippen molar-refractivity contribution in [2.45, 2.75) is 93.4 Å². The van der Waals surface area contributed by atoms with E-state index in [1.54, 1.807) is 20.9 Å². The summed E-state index contributed by atoms with van der Waals surface area (Å²) in [6.07, 6.45) is 6.26. The van der Waals surface area contributed by atoms with E-state index in [-0.39, 0.29) is 41.1 Å². The second-order valence-electron chi connectivity index (χ2n) is 15.2. The first kappa shape index (κ1) is 35.0. The van der Waals surface area contributed by atoms with Crippen molar-refractivity contribution in [2.24, 2.45) is 11.3 Å². The SMILES string of the molecule is C/[C](c1ccccc1)=[Zr+2](\[C]1=CC(C(C)(C)C)=CC1C)[c]1c(C(C)(C)C)ccc2c1Cc1cc(C(C)(C)C)ccc1-2.[Cl-].[Cl-]. The van der Waals surface area contributed by atoms with Crippen molar-refractivity contribution in [3.63, 3.8) is 0 Å². The fourth-order valence-electron chi connectivity index (χ4n) is 6.51. The number of fused-ring (bicyclic) bond motifs is 3. The van der Waals surface area contributed by atoms with Gasteiger partial charge in [0.2, 0.25) is 0 Å². The van der Waals surface area contributed by atoms with E-state index in [1.165, 1.54) is 33.4 Å². The van der Waals surface area contributed by atoms with Crippen molar-refractivity contribution in [3.05, 3.63) is 109 Å². The van der Waals surface area contributed by atoms with Gasteiger partial charge < -0.3 is 24.8 Å². The summed E-state index contributed by atoms with van der Waals surface area (Å²) in [4.78, 5) is 0. The van der Waals surface area contributed by atoms with Gasteiger partial charge in [-0.05, 0) is 0 Å². The van der Waals surface area contributed by atoms with E-state index in [0.29, 0.717) is 5.92 Å². The summed E-state index contributed by atoms with van der Waals surface area (Å²) < 4.78 is 5.12. The van der Waals surface area contributed by atoms with E-state index < -0.39 is 21.3 Å². The molecule has 3 aromatic rings. The average molecular weight is 679 g/mol. The summed E-state index contributed by atoms with van der Waals surface area (Å²) in [6, 6.07) is 23.5. The Labute approximate surface area is 276 Å². The molecule has 0 saturated heterocycles. The maximum Gasteiger partial charge on any atom is -1.00 e. The van der Waals surface area contributed by atoms with Crippen LogP contribution in [0.2, 0.25) is 0 Å². The van der Waals surface area contributed by atoms with Crippen LogP contribution < -0.4 is 28.1 Å². The van der Waals surface area contributed by atoms with Gasteiger partial charge in [0.25, 0.3) is 0 Å². The van der Waals surface area contributed by atoms with Crippen molar-refractivity contribution in [1.29, 1.82) is 0 Å². The summed E-state index contributed by atoms with van der Waals surface area (Å²) in [5.74, 6) is 0.488. The van der Waals surface area contributed by atoms with Gasteiger partial charge in [-0.3, -0.25) is 0 Å². The van der Waals surface area contributed by atoms with E-state index in [4.69, 9.17) is 0 Å². The van der Waals surface area contributed by atoms with Gasteiger partial charge in [-0.25, -0.2) is 0 Å². The molecule has 0 heterocycles. The number of hydrogen-bond acceptors (Lipinski definition) is 0. The van der Waals surface area contributed by atoms with Crippen molar-refractivity contribution in [2.75, 3.05) is 0 Å². The molecule has 3 heteroatoms. The molecule has 0 spiro atoms. The second-order valence-corrected chi connectivity index (χ2v) is 21.5. The minimum atomic E-state index is -2.60. The Kier molecular flexibility index (Phi) is 10.4. The van der Waals surface area contributed by atoms with Gasteiger partial charge in [-0.2, -0.15) is 0 Å². The first-order chi connectivity index (χ1) is 18.6. The number of hydrogen-bond donors (Lipinski definition) is 0. The molecule has 0 nitrogen and oxygen atoms in total. The Morgan fingerprint density at radius 3 is 1.90 bits per heavy atom. The molecule has 42 heavy (non-hydrogen) atoms. The molecular weight excluding hydrogens is 631 g/mol. The molecule has 1 unspecified atom stereocenters. The van der Waals surface area contributed by atoms with Crippen LogP contribution >= 0.6 is 0 Å². The van der Waals surface area contributed by atoms with Gasteiger partial charge in [-0.15, -0.1) is 0 Å². The first-order valence-electron chi connectivity index (χ1n) is 15.1. The quantitative estimate of drug-likeness (QED) is 0.309. The first-order valence-corrected chi connectivity index (χ1v) is 18.8. The molecular formula is C39H48Cl2Zr. The van der Waals surface area contributed by atoms with Crippen molar-refractivity contribution >= 4 is 6.48 Å². The van der Waals surface area contributed by atoms with Crippen LogP contribution in [0.4, 0.5) is 0 Å². The zero-order valence-electron chi connectivity index (χ0n) is 27.5. The molecule has 222 valence electrons. The number of benzene rings is 3. The molecule has 0 aliphatic heterocycles. The molecule has 0 radical (unpaired) electrons. The normalized spacial score (nSPS) is 16.5. The summed E-state index contributed by atoms with van der Waals surface area (Å²) >= 11 is -2.60. The van der Waals surface area contributed by atoms with Gasteiger partial charge in [-0.1, -0.05) is 0 Å². The third-order valence-electron chi connectivity index (χ3n) is 8.97. The smallest absolute Gasteiger partial charge is 1.00 e. The van der Waals surface area contributed by atoms with E-state index in [2.05, 4.69) is 149 Å². The maximum atomic E-state index is 2.64. The Bertz CT molecular complexity index is 1570. The van der Waals surface area contributed by atoms with Crippen LogP contribution in [0.1, 0.15) is 104 Å². The minimum absolute atomic E-state index is 0. The summed E-state index contributed by atoms with van der Waals surface area (Å²) in [5.41, 5.74) is 12.4. The summed E-state index contributed by atoms with van der Waals surface area (Å²) in [6.45, 7) is 26.3. The zero-order valence-corrected chi connectivity index (χ0v) is 31.4. The Morgan fingerprint density at radius 2 is 1.36 bits per heavy atom. The predicted octanol–water partition coefficient (Wildman–Crippen LogP) is 3.85. The third-order valence-corrected chi connectivity index (χ3v) is 17.0. The number of allylic oxidation sites excluding steroid dienone is 4. The number of halogens is 2.